The topological polar surface area (TPSA) is 52.3 Å². The van der Waals surface area contributed by atoms with Crippen LogP contribution in [-0.4, -0.2) is 12.6 Å². The summed E-state index contributed by atoms with van der Waals surface area (Å²) >= 11 is 3.29. The molecule has 0 aliphatic carbocycles. The van der Waals surface area contributed by atoms with E-state index < -0.39 is 0 Å². The Hall–Kier alpha value is -1.81. The van der Waals surface area contributed by atoms with Crippen molar-refractivity contribution in [3.05, 3.63) is 64.1 Å². The molecule has 0 amide bonds. The van der Waals surface area contributed by atoms with E-state index in [1.165, 1.54) is 5.56 Å². The van der Waals surface area contributed by atoms with Gasteiger partial charge in [0.1, 0.15) is 0 Å². The van der Waals surface area contributed by atoms with Gasteiger partial charge in [-0.1, -0.05) is 30.3 Å². The molecule has 2 aromatic rings. The summed E-state index contributed by atoms with van der Waals surface area (Å²) in [5.74, 6) is -0.336. The van der Waals surface area contributed by atoms with E-state index in [1.54, 1.807) is 18.2 Å². The van der Waals surface area contributed by atoms with Crippen molar-refractivity contribution in [1.29, 1.82) is 0 Å². The number of carbonyl (C=O) groups excluding carboxylic acids is 1. The maximum Gasteiger partial charge on any atom is 0.338 e. The number of hydrogen-bond donors (Lipinski definition) is 1. The lowest BCUT2D eigenvalue weighted by atomic mass is 10.1. The Labute approximate surface area is 126 Å². The highest BCUT2D eigenvalue weighted by atomic mass is 79.9. The predicted octanol–water partition coefficient (Wildman–Crippen LogP) is 3.82. The number of hydrogen-bond acceptors (Lipinski definition) is 3. The smallest absolute Gasteiger partial charge is 0.338 e. The highest BCUT2D eigenvalue weighted by molar-refractivity contribution is 9.10. The summed E-state index contributed by atoms with van der Waals surface area (Å²) < 4.78 is 6.01. The molecule has 20 heavy (non-hydrogen) atoms. The Balaban J connectivity index is 1.79. The summed E-state index contributed by atoms with van der Waals surface area (Å²) in [6.45, 7) is 0.406. The quantitative estimate of drug-likeness (QED) is 0.514. The molecule has 0 radical (unpaired) electrons. The van der Waals surface area contributed by atoms with Crippen LogP contribution in [0.15, 0.2) is 53.0 Å². The van der Waals surface area contributed by atoms with Crippen molar-refractivity contribution in [1.82, 2.24) is 0 Å². The van der Waals surface area contributed by atoms with Crippen LogP contribution in [0.3, 0.4) is 0 Å². The summed E-state index contributed by atoms with van der Waals surface area (Å²) in [5, 5.41) is 0. The second kappa shape index (κ2) is 7.10. The van der Waals surface area contributed by atoms with E-state index in [-0.39, 0.29) is 5.97 Å². The van der Waals surface area contributed by atoms with Gasteiger partial charge in [-0.2, -0.15) is 0 Å². The minimum absolute atomic E-state index is 0.336. The molecule has 0 aromatic heterocycles. The summed E-state index contributed by atoms with van der Waals surface area (Å²) in [6, 6.07) is 15.2. The van der Waals surface area contributed by atoms with E-state index in [2.05, 4.69) is 28.1 Å². The Morgan fingerprint density at radius 1 is 1.15 bits per heavy atom. The first-order chi connectivity index (χ1) is 9.66. The van der Waals surface area contributed by atoms with Gasteiger partial charge < -0.3 is 10.5 Å². The molecular weight excluding hydrogens is 318 g/mol. The van der Waals surface area contributed by atoms with Crippen LogP contribution in [0.1, 0.15) is 22.3 Å². The molecular formula is C16H16BrNO2. The summed E-state index contributed by atoms with van der Waals surface area (Å²) in [7, 11) is 0. The van der Waals surface area contributed by atoms with Gasteiger partial charge in [-0.25, -0.2) is 4.79 Å². The minimum Gasteiger partial charge on any atom is -0.462 e. The third-order valence-electron chi connectivity index (χ3n) is 2.92. The van der Waals surface area contributed by atoms with Gasteiger partial charge >= 0.3 is 5.97 Å². The van der Waals surface area contributed by atoms with Gasteiger partial charge in [0.25, 0.3) is 0 Å². The average molecular weight is 334 g/mol. The zero-order chi connectivity index (χ0) is 14.4. The van der Waals surface area contributed by atoms with Gasteiger partial charge in [0, 0.05) is 10.2 Å². The maximum atomic E-state index is 11.8. The van der Waals surface area contributed by atoms with E-state index in [0.29, 0.717) is 17.9 Å². The van der Waals surface area contributed by atoms with Gasteiger partial charge in [-0.05, 0) is 52.5 Å². The molecule has 0 saturated heterocycles. The standard InChI is InChI=1S/C16H16BrNO2/c17-14-9-8-13(11-15(14)18)16(19)20-10-4-7-12-5-2-1-3-6-12/h1-3,5-6,8-9,11H,4,7,10,18H2. The van der Waals surface area contributed by atoms with Gasteiger partial charge in [0.2, 0.25) is 0 Å². The molecule has 0 fully saturated rings. The molecule has 0 unspecified atom stereocenters. The Bertz CT molecular complexity index is 584. The SMILES string of the molecule is Nc1cc(C(=O)OCCCc2ccccc2)ccc1Br. The highest BCUT2D eigenvalue weighted by Gasteiger charge is 2.08. The van der Waals surface area contributed by atoms with Crippen molar-refractivity contribution in [2.45, 2.75) is 12.8 Å². The van der Waals surface area contributed by atoms with Crippen LogP contribution in [0.4, 0.5) is 5.69 Å². The molecule has 0 heterocycles. The van der Waals surface area contributed by atoms with Crippen LogP contribution in [0.25, 0.3) is 0 Å². The van der Waals surface area contributed by atoms with E-state index in [4.69, 9.17) is 10.5 Å². The number of ether oxygens (including phenoxy) is 1. The van der Waals surface area contributed by atoms with E-state index in [1.807, 2.05) is 18.2 Å². The molecule has 104 valence electrons. The lowest BCUT2D eigenvalue weighted by Gasteiger charge is -2.06. The molecule has 0 spiro atoms. The van der Waals surface area contributed by atoms with E-state index in [9.17, 15) is 4.79 Å². The molecule has 0 atom stereocenters. The Morgan fingerprint density at radius 3 is 2.60 bits per heavy atom. The van der Waals surface area contributed by atoms with Gasteiger partial charge in [-0.15, -0.1) is 0 Å². The molecule has 3 nitrogen and oxygen atoms in total. The molecule has 4 heteroatoms. The molecule has 2 aromatic carbocycles. The number of nitrogens with two attached hydrogens (primary N) is 1. The number of rotatable bonds is 5. The van der Waals surface area contributed by atoms with E-state index in [0.717, 1.165) is 17.3 Å². The first kappa shape index (κ1) is 14.6. The van der Waals surface area contributed by atoms with Crippen molar-refractivity contribution in [2.24, 2.45) is 0 Å². The van der Waals surface area contributed by atoms with Gasteiger partial charge in [0.15, 0.2) is 0 Å². The van der Waals surface area contributed by atoms with Crippen LogP contribution < -0.4 is 5.73 Å². The normalized spacial score (nSPS) is 10.2. The molecule has 0 aliphatic heterocycles. The second-order valence-corrected chi connectivity index (χ2v) is 5.32. The van der Waals surface area contributed by atoms with Crippen LogP contribution >= 0.6 is 15.9 Å². The van der Waals surface area contributed by atoms with E-state index >= 15 is 0 Å². The number of aryl methyl sites for hydroxylation is 1. The number of anilines is 1. The average Bonchev–Trinajstić information content (AvgIpc) is 2.47. The Kier molecular flexibility index (Phi) is 5.18. The lowest BCUT2D eigenvalue weighted by molar-refractivity contribution is 0.0500. The molecule has 2 rings (SSSR count). The zero-order valence-corrected chi connectivity index (χ0v) is 12.6. The largest absolute Gasteiger partial charge is 0.462 e. The van der Waals surface area contributed by atoms with Gasteiger partial charge in [-0.3, -0.25) is 0 Å². The number of benzene rings is 2. The van der Waals surface area contributed by atoms with Crippen molar-refractivity contribution in [2.75, 3.05) is 12.3 Å². The first-order valence-corrected chi connectivity index (χ1v) is 7.22. The lowest BCUT2D eigenvalue weighted by Crippen LogP contribution is -2.07. The molecule has 0 aliphatic rings. The van der Waals surface area contributed by atoms with Crippen LogP contribution in [-0.2, 0) is 11.2 Å². The predicted molar refractivity (Wildman–Crippen MR) is 83.6 cm³/mol. The summed E-state index contributed by atoms with van der Waals surface area (Å²) in [6.07, 6.45) is 1.71. The third-order valence-corrected chi connectivity index (χ3v) is 3.64. The van der Waals surface area contributed by atoms with Crippen LogP contribution in [0, 0.1) is 0 Å². The fourth-order valence-electron chi connectivity index (χ4n) is 1.84. The Morgan fingerprint density at radius 2 is 1.90 bits per heavy atom. The number of esters is 1. The number of halogens is 1. The summed E-state index contributed by atoms with van der Waals surface area (Å²) in [5.41, 5.74) is 7.99. The van der Waals surface area contributed by atoms with Gasteiger partial charge in [0.05, 0.1) is 12.2 Å². The zero-order valence-electron chi connectivity index (χ0n) is 11.0. The minimum atomic E-state index is -0.336. The van der Waals surface area contributed by atoms with Crippen molar-refractivity contribution < 1.29 is 9.53 Å². The fourth-order valence-corrected chi connectivity index (χ4v) is 2.09. The maximum absolute atomic E-state index is 11.8. The monoisotopic (exact) mass is 333 g/mol. The molecule has 2 N–H and O–H groups in total. The second-order valence-electron chi connectivity index (χ2n) is 4.46. The fraction of sp³-hybridized carbons (Fsp3) is 0.188. The highest BCUT2D eigenvalue weighted by Crippen LogP contribution is 2.20. The third kappa shape index (κ3) is 4.10. The number of nitrogen functional groups attached to an aromatic ring is 1. The number of carbonyl (C=O) groups is 1. The van der Waals surface area contributed by atoms with Crippen LogP contribution in [0.2, 0.25) is 0 Å². The van der Waals surface area contributed by atoms with Crippen molar-refractivity contribution >= 4 is 27.6 Å². The van der Waals surface area contributed by atoms with Crippen LogP contribution in [0.5, 0.6) is 0 Å². The summed E-state index contributed by atoms with van der Waals surface area (Å²) in [4.78, 5) is 11.8. The molecule has 0 bridgehead atoms. The van der Waals surface area contributed by atoms with Crippen molar-refractivity contribution in [3.8, 4) is 0 Å². The first-order valence-electron chi connectivity index (χ1n) is 6.43. The molecule has 0 saturated carbocycles. The van der Waals surface area contributed by atoms with Crippen molar-refractivity contribution in [3.63, 3.8) is 0 Å².